The van der Waals surface area contributed by atoms with E-state index in [1.807, 2.05) is 13.8 Å². The molecule has 1 aromatic rings. The van der Waals surface area contributed by atoms with Crippen molar-refractivity contribution in [1.82, 2.24) is 0 Å². The first kappa shape index (κ1) is 16.3. The SMILES string of the molecule is CC(C)COc1cc(Cl)c(Cl)c(CN)c1OC(F)F. The first-order chi connectivity index (χ1) is 8.86. The number of nitrogens with two attached hydrogens (primary N) is 1. The Morgan fingerprint density at radius 3 is 2.42 bits per heavy atom. The summed E-state index contributed by atoms with van der Waals surface area (Å²) in [6, 6.07) is 1.35. The van der Waals surface area contributed by atoms with Crippen molar-refractivity contribution in [3.05, 3.63) is 21.7 Å². The summed E-state index contributed by atoms with van der Waals surface area (Å²) < 4.78 is 34.8. The van der Waals surface area contributed by atoms with Gasteiger partial charge in [0.1, 0.15) is 0 Å². The second-order valence-electron chi connectivity index (χ2n) is 4.27. The topological polar surface area (TPSA) is 44.5 Å². The van der Waals surface area contributed by atoms with Crippen molar-refractivity contribution in [3.63, 3.8) is 0 Å². The lowest BCUT2D eigenvalue weighted by atomic mass is 10.1. The smallest absolute Gasteiger partial charge is 0.387 e. The molecule has 0 spiro atoms. The van der Waals surface area contributed by atoms with Crippen molar-refractivity contribution < 1.29 is 18.3 Å². The van der Waals surface area contributed by atoms with Crippen LogP contribution in [0.25, 0.3) is 0 Å². The van der Waals surface area contributed by atoms with E-state index in [2.05, 4.69) is 4.74 Å². The van der Waals surface area contributed by atoms with Crippen LogP contribution >= 0.6 is 23.2 Å². The fourth-order valence-electron chi connectivity index (χ4n) is 1.40. The van der Waals surface area contributed by atoms with Crippen molar-refractivity contribution in [2.45, 2.75) is 27.0 Å². The van der Waals surface area contributed by atoms with Crippen LogP contribution in [0.1, 0.15) is 19.4 Å². The molecule has 0 radical (unpaired) electrons. The van der Waals surface area contributed by atoms with E-state index in [9.17, 15) is 8.78 Å². The minimum Gasteiger partial charge on any atom is -0.489 e. The van der Waals surface area contributed by atoms with E-state index in [1.165, 1.54) is 6.07 Å². The van der Waals surface area contributed by atoms with Crippen molar-refractivity contribution in [3.8, 4) is 11.5 Å². The molecule has 0 saturated carbocycles. The minimum atomic E-state index is -3.00. The maximum Gasteiger partial charge on any atom is 0.387 e. The van der Waals surface area contributed by atoms with Crippen LogP contribution in [0.3, 0.4) is 0 Å². The van der Waals surface area contributed by atoms with E-state index in [1.54, 1.807) is 0 Å². The second-order valence-corrected chi connectivity index (χ2v) is 5.05. The van der Waals surface area contributed by atoms with Gasteiger partial charge in [-0.2, -0.15) is 8.78 Å². The summed E-state index contributed by atoms with van der Waals surface area (Å²) in [5, 5.41) is 0.277. The highest BCUT2D eigenvalue weighted by Gasteiger charge is 2.21. The molecule has 2 N–H and O–H groups in total. The molecule has 0 aliphatic rings. The molecule has 0 amide bonds. The Labute approximate surface area is 120 Å². The molecule has 0 bridgehead atoms. The quantitative estimate of drug-likeness (QED) is 0.860. The van der Waals surface area contributed by atoms with E-state index in [0.717, 1.165) is 0 Å². The molecule has 108 valence electrons. The maximum absolute atomic E-state index is 12.5. The summed E-state index contributed by atoms with van der Waals surface area (Å²) in [6.45, 7) is 1.11. The number of alkyl halides is 2. The molecule has 1 rings (SSSR count). The predicted molar refractivity (Wildman–Crippen MR) is 71.3 cm³/mol. The summed E-state index contributed by atoms with van der Waals surface area (Å²) in [5.74, 6) is 0.173. The first-order valence-electron chi connectivity index (χ1n) is 5.65. The average molecular weight is 314 g/mol. The molecule has 0 unspecified atom stereocenters. The van der Waals surface area contributed by atoms with Gasteiger partial charge in [-0.3, -0.25) is 0 Å². The lowest BCUT2D eigenvalue weighted by Crippen LogP contribution is -2.12. The normalized spacial score (nSPS) is 11.2. The third-order valence-corrected chi connectivity index (χ3v) is 3.04. The summed E-state index contributed by atoms with van der Waals surface area (Å²) in [4.78, 5) is 0. The van der Waals surface area contributed by atoms with Crippen LogP contribution < -0.4 is 15.2 Å². The standard InChI is InChI=1S/C12H15Cl2F2NO2/c1-6(2)5-18-9-3-8(13)10(14)7(4-17)11(9)19-12(15)16/h3,6,12H,4-5,17H2,1-2H3. The fourth-order valence-corrected chi connectivity index (χ4v) is 1.83. The molecule has 0 saturated heterocycles. The Morgan fingerprint density at radius 2 is 1.95 bits per heavy atom. The largest absolute Gasteiger partial charge is 0.489 e. The van der Waals surface area contributed by atoms with Gasteiger partial charge in [-0.05, 0) is 5.92 Å². The minimum absolute atomic E-state index is 0.0838. The average Bonchev–Trinajstić information content (AvgIpc) is 2.31. The van der Waals surface area contributed by atoms with Gasteiger partial charge in [0.15, 0.2) is 11.5 Å². The summed E-state index contributed by atoms with van der Waals surface area (Å²) in [7, 11) is 0. The molecule has 0 aliphatic carbocycles. The van der Waals surface area contributed by atoms with Crippen molar-refractivity contribution in [1.29, 1.82) is 0 Å². The number of rotatable bonds is 6. The Balaban J connectivity index is 3.21. The lowest BCUT2D eigenvalue weighted by molar-refractivity contribution is -0.0521. The molecule has 0 aromatic heterocycles. The summed E-state index contributed by atoms with van der Waals surface area (Å²) >= 11 is 11.8. The van der Waals surface area contributed by atoms with E-state index < -0.39 is 6.61 Å². The number of halogens is 4. The first-order valence-corrected chi connectivity index (χ1v) is 6.41. The monoisotopic (exact) mass is 313 g/mol. The molecule has 0 aliphatic heterocycles. The molecule has 0 fully saturated rings. The van der Waals surface area contributed by atoms with Crippen molar-refractivity contribution >= 4 is 23.2 Å². The third kappa shape index (κ3) is 4.37. The van der Waals surface area contributed by atoms with Gasteiger partial charge in [0, 0.05) is 18.2 Å². The molecule has 3 nitrogen and oxygen atoms in total. The maximum atomic E-state index is 12.5. The van der Waals surface area contributed by atoms with E-state index >= 15 is 0 Å². The molecule has 1 aromatic carbocycles. The van der Waals surface area contributed by atoms with E-state index in [0.29, 0.717) is 6.61 Å². The molecule has 7 heteroatoms. The Hall–Kier alpha value is -0.780. The fraction of sp³-hybridized carbons (Fsp3) is 0.500. The van der Waals surface area contributed by atoms with Crippen molar-refractivity contribution in [2.75, 3.05) is 6.61 Å². The van der Waals surface area contributed by atoms with Gasteiger partial charge < -0.3 is 15.2 Å². The molecule has 0 heterocycles. The summed E-state index contributed by atoms with van der Waals surface area (Å²) in [5.41, 5.74) is 5.70. The number of hydrogen-bond acceptors (Lipinski definition) is 3. The number of hydrogen-bond donors (Lipinski definition) is 1. The Bertz CT molecular complexity index is 442. The highest BCUT2D eigenvalue weighted by molar-refractivity contribution is 6.42. The van der Waals surface area contributed by atoms with Gasteiger partial charge in [-0.1, -0.05) is 37.0 Å². The van der Waals surface area contributed by atoms with Crippen molar-refractivity contribution in [2.24, 2.45) is 11.7 Å². The Kier molecular flexibility index (Phi) is 6.10. The zero-order chi connectivity index (χ0) is 14.6. The third-order valence-electron chi connectivity index (χ3n) is 2.21. The zero-order valence-electron chi connectivity index (χ0n) is 10.6. The molecule has 19 heavy (non-hydrogen) atoms. The van der Waals surface area contributed by atoms with Gasteiger partial charge in [0.05, 0.1) is 16.7 Å². The number of ether oxygens (including phenoxy) is 2. The second kappa shape index (κ2) is 7.12. The van der Waals surface area contributed by atoms with Crippen LogP contribution in [0, 0.1) is 5.92 Å². The van der Waals surface area contributed by atoms with E-state index in [-0.39, 0.29) is 39.6 Å². The van der Waals surface area contributed by atoms with Crippen LogP contribution in [0.5, 0.6) is 11.5 Å². The van der Waals surface area contributed by atoms with Crippen LogP contribution in [0.4, 0.5) is 8.78 Å². The Morgan fingerprint density at radius 1 is 1.32 bits per heavy atom. The van der Waals surface area contributed by atoms with Gasteiger partial charge in [0.2, 0.25) is 0 Å². The van der Waals surface area contributed by atoms with Crippen LogP contribution in [0.2, 0.25) is 10.0 Å². The molecular weight excluding hydrogens is 299 g/mol. The highest BCUT2D eigenvalue weighted by Crippen LogP contribution is 2.41. The zero-order valence-corrected chi connectivity index (χ0v) is 12.1. The lowest BCUT2D eigenvalue weighted by Gasteiger charge is -2.18. The number of benzene rings is 1. The van der Waals surface area contributed by atoms with Gasteiger partial charge >= 0.3 is 6.61 Å². The van der Waals surface area contributed by atoms with Crippen LogP contribution in [0.15, 0.2) is 6.07 Å². The van der Waals surface area contributed by atoms with Crippen LogP contribution in [-0.2, 0) is 6.54 Å². The van der Waals surface area contributed by atoms with Crippen LogP contribution in [-0.4, -0.2) is 13.2 Å². The summed E-state index contributed by atoms with van der Waals surface area (Å²) in [6.07, 6.45) is 0. The van der Waals surface area contributed by atoms with Gasteiger partial charge in [-0.15, -0.1) is 0 Å². The predicted octanol–water partition coefficient (Wildman–Crippen LogP) is 4.09. The van der Waals surface area contributed by atoms with Gasteiger partial charge in [-0.25, -0.2) is 0 Å². The van der Waals surface area contributed by atoms with E-state index in [4.69, 9.17) is 33.7 Å². The highest BCUT2D eigenvalue weighted by atomic mass is 35.5. The van der Waals surface area contributed by atoms with Gasteiger partial charge in [0.25, 0.3) is 0 Å². The molecular formula is C12H15Cl2F2NO2. The molecule has 0 atom stereocenters.